The van der Waals surface area contributed by atoms with Gasteiger partial charge in [-0.1, -0.05) is 0 Å². The van der Waals surface area contributed by atoms with Crippen LogP contribution in [0.15, 0.2) is 30.6 Å². The molecule has 2 aliphatic rings. The maximum atomic E-state index is 13.1. The zero-order valence-corrected chi connectivity index (χ0v) is 17.6. The van der Waals surface area contributed by atoms with Gasteiger partial charge in [0.25, 0.3) is 0 Å². The van der Waals surface area contributed by atoms with Crippen LogP contribution in [0.1, 0.15) is 23.7 Å². The van der Waals surface area contributed by atoms with Crippen molar-refractivity contribution in [3.05, 3.63) is 47.4 Å². The smallest absolute Gasteiger partial charge is 0.327 e. The molecule has 1 saturated heterocycles. The van der Waals surface area contributed by atoms with Crippen molar-refractivity contribution < 1.29 is 4.79 Å². The molecule has 2 N–H and O–H groups in total. The third-order valence-electron chi connectivity index (χ3n) is 5.97. The summed E-state index contributed by atoms with van der Waals surface area (Å²) in [4.78, 5) is 21.9. The highest BCUT2D eigenvalue weighted by Gasteiger charge is 2.30. The number of nitrogens with zero attached hydrogens (tertiary/aromatic N) is 5. The summed E-state index contributed by atoms with van der Waals surface area (Å²) < 4.78 is 1.84. The lowest BCUT2D eigenvalue weighted by Crippen LogP contribution is -2.49. The molecule has 5 rings (SSSR count). The number of piperazine rings is 1. The second-order valence-electron chi connectivity index (χ2n) is 8.29. The molecular weight excluding hydrogens is 378 g/mol. The van der Waals surface area contributed by atoms with E-state index in [4.69, 9.17) is 0 Å². The number of urea groups is 1. The van der Waals surface area contributed by atoms with E-state index in [0.29, 0.717) is 12.6 Å². The highest BCUT2D eigenvalue weighted by molar-refractivity contribution is 6.03. The Hall–Kier alpha value is -3.13. The average Bonchev–Trinajstić information content (AvgIpc) is 3.30. The van der Waals surface area contributed by atoms with Gasteiger partial charge < -0.3 is 15.5 Å². The molecule has 0 bridgehead atoms. The van der Waals surface area contributed by atoms with Crippen molar-refractivity contribution in [2.45, 2.75) is 33.2 Å². The Kier molecular flexibility index (Phi) is 4.58. The highest BCUT2D eigenvalue weighted by atomic mass is 16.2. The van der Waals surface area contributed by atoms with Crippen LogP contribution in [0.25, 0.3) is 5.52 Å². The third-order valence-corrected chi connectivity index (χ3v) is 5.97. The number of amides is 2. The maximum absolute atomic E-state index is 13.1. The Morgan fingerprint density at radius 2 is 2.13 bits per heavy atom. The molecule has 2 amide bonds. The lowest BCUT2D eigenvalue weighted by Gasteiger charge is -2.34. The second-order valence-corrected chi connectivity index (χ2v) is 8.29. The minimum atomic E-state index is -0.143. The average molecular weight is 406 g/mol. The van der Waals surface area contributed by atoms with Crippen LogP contribution in [0, 0.1) is 13.8 Å². The van der Waals surface area contributed by atoms with Gasteiger partial charge in [0, 0.05) is 61.6 Å². The van der Waals surface area contributed by atoms with Crippen LogP contribution in [0.5, 0.6) is 0 Å². The molecule has 0 aliphatic carbocycles. The minimum absolute atomic E-state index is 0.143. The fraction of sp³-hybridized carbons (Fsp3) is 0.409. The van der Waals surface area contributed by atoms with Crippen molar-refractivity contribution in [1.29, 1.82) is 0 Å². The van der Waals surface area contributed by atoms with Crippen molar-refractivity contribution in [1.82, 2.24) is 19.9 Å². The summed E-state index contributed by atoms with van der Waals surface area (Å²) in [7, 11) is 0. The highest BCUT2D eigenvalue weighted by Crippen LogP contribution is 2.34. The molecule has 30 heavy (non-hydrogen) atoms. The van der Waals surface area contributed by atoms with Gasteiger partial charge in [-0.15, -0.1) is 0 Å². The van der Waals surface area contributed by atoms with E-state index in [1.165, 1.54) is 11.3 Å². The molecule has 0 unspecified atom stereocenters. The Labute approximate surface area is 175 Å². The summed E-state index contributed by atoms with van der Waals surface area (Å²) in [6.45, 7) is 9.69. The Bertz CT molecular complexity index is 1120. The van der Waals surface area contributed by atoms with Crippen molar-refractivity contribution >= 4 is 28.7 Å². The number of anilines is 3. The number of carbonyl (C=O) groups excluding carboxylic acids is 1. The Morgan fingerprint density at radius 1 is 1.27 bits per heavy atom. The minimum Gasteiger partial charge on any atom is -0.368 e. The Morgan fingerprint density at radius 3 is 2.97 bits per heavy atom. The predicted molar refractivity (Wildman–Crippen MR) is 119 cm³/mol. The zero-order valence-electron chi connectivity index (χ0n) is 17.6. The molecule has 0 aromatic carbocycles. The number of aryl methyl sites for hydroxylation is 2. The molecule has 3 aromatic rings. The lowest BCUT2D eigenvalue weighted by molar-refractivity contribution is 0.257. The molecule has 0 spiro atoms. The molecule has 1 fully saturated rings. The standard InChI is InChI=1S/C22H27N7O/c1-14-12-29-17(10-15(2)26-29)11-19(14)25-22(30)28-8-5-18-20(4-6-24-21(18)28)27-9-7-23-16(3)13-27/h4,6,10-12,16,23H,5,7-9,13H2,1-3H3,(H,25,30)/t16-/m1/s1. The van der Waals surface area contributed by atoms with Crippen LogP contribution in [-0.4, -0.2) is 52.9 Å². The van der Waals surface area contributed by atoms with Crippen LogP contribution >= 0.6 is 0 Å². The number of rotatable bonds is 2. The molecule has 8 nitrogen and oxygen atoms in total. The number of nitrogens with one attached hydrogen (secondary N) is 2. The number of fused-ring (bicyclic) bond motifs is 2. The Balaban J connectivity index is 1.40. The second kappa shape index (κ2) is 7.28. The molecule has 5 heterocycles. The van der Waals surface area contributed by atoms with Crippen molar-refractivity contribution in [2.75, 3.05) is 41.3 Å². The summed E-state index contributed by atoms with van der Waals surface area (Å²) >= 11 is 0. The summed E-state index contributed by atoms with van der Waals surface area (Å²) in [6, 6.07) is 6.36. The van der Waals surface area contributed by atoms with E-state index in [2.05, 4.69) is 38.6 Å². The molecule has 1 atom stereocenters. The fourth-order valence-corrected chi connectivity index (χ4v) is 4.50. The number of hydrogen-bond donors (Lipinski definition) is 2. The summed E-state index contributed by atoms with van der Waals surface area (Å²) in [5, 5.41) is 11.0. The molecule has 0 saturated carbocycles. The molecule has 8 heteroatoms. The SMILES string of the molecule is Cc1cc2cc(NC(=O)N3CCc4c(N5CCN[C@H](C)C5)ccnc43)c(C)cn2n1. The van der Waals surface area contributed by atoms with E-state index < -0.39 is 0 Å². The summed E-state index contributed by atoms with van der Waals surface area (Å²) in [5.74, 6) is 0.773. The molecule has 156 valence electrons. The predicted octanol–water partition coefficient (Wildman–Crippen LogP) is 2.74. The van der Waals surface area contributed by atoms with E-state index in [1.54, 1.807) is 4.90 Å². The monoisotopic (exact) mass is 405 g/mol. The molecule has 0 radical (unpaired) electrons. The van der Waals surface area contributed by atoms with Crippen LogP contribution in [0.3, 0.4) is 0 Å². The normalized spacial score (nSPS) is 18.7. The van der Waals surface area contributed by atoms with Gasteiger partial charge >= 0.3 is 6.03 Å². The fourth-order valence-electron chi connectivity index (χ4n) is 4.50. The van der Waals surface area contributed by atoms with Gasteiger partial charge in [-0.25, -0.2) is 14.3 Å². The molecular formula is C22H27N7O. The number of hydrogen-bond acceptors (Lipinski definition) is 5. The van der Waals surface area contributed by atoms with E-state index in [1.807, 2.05) is 42.9 Å². The van der Waals surface area contributed by atoms with E-state index in [-0.39, 0.29) is 6.03 Å². The van der Waals surface area contributed by atoms with Gasteiger partial charge in [0.2, 0.25) is 0 Å². The van der Waals surface area contributed by atoms with Gasteiger partial charge in [0.05, 0.1) is 11.2 Å². The van der Waals surface area contributed by atoms with Crippen molar-refractivity contribution in [3.63, 3.8) is 0 Å². The van der Waals surface area contributed by atoms with Gasteiger partial charge in [-0.05, 0) is 51.0 Å². The topological polar surface area (TPSA) is 77.8 Å². The number of aromatic nitrogens is 3. The van der Waals surface area contributed by atoms with Gasteiger partial charge in [-0.3, -0.25) is 4.90 Å². The summed E-state index contributed by atoms with van der Waals surface area (Å²) in [5.41, 5.74) is 6.05. The quantitative estimate of drug-likeness (QED) is 0.686. The van der Waals surface area contributed by atoms with E-state index in [9.17, 15) is 4.79 Å². The first-order valence-electron chi connectivity index (χ1n) is 10.5. The lowest BCUT2D eigenvalue weighted by atomic mass is 10.1. The van der Waals surface area contributed by atoms with Gasteiger partial charge in [-0.2, -0.15) is 5.10 Å². The first-order chi connectivity index (χ1) is 14.5. The molecule has 2 aliphatic heterocycles. The third kappa shape index (κ3) is 3.27. The van der Waals surface area contributed by atoms with Gasteiger partial charge in [0.1, 0.15) is 5.82 Å². The van der Waals surface area contributed by atoms with E-state index in [0.717, 1.165) is 54.3 Å². The molecule has 3 aromatic heterocycles. The van der Waals surface area contributed by atoms with Gasteiger partial charge in [0.15, 0.2) is 0 Å². The zero-order chi connectivity index (χ0) is 20.8. The maximum Gasteiger partial charge on any atom is 0.327 e. The first kappa shape index (κ1) is 18.9. The van der Waals surface area contributed by atoms with Crippen LogP contribution < -0.4 is 20.4 Å². The number of pyridine rings is 2. The van der Waals surface area contributed by atoms with E-state index >= 15 is 0 Å². The largest absolute Gasteiger partial charge is 0.368 e. The number of carbonyl (C=O) groups is 1. The van der Waals surface area contributed by atoms with Crippen LogP contribution in [0.2, 0.25) is 0 Å². The van der Waals surface area contributed by atoms with Crippen LogP contribution in [-0.2, 0) is 6.42 Å². The first-order valence-corrected chi connectivity index (χ1v) is 10.5. The summed E-state index contributed by atoms with van der Waals surface area (Å²) in [6.07, 6.45) is 4.58. The van der Waals surface area contributed by atoms with Crippen LogP contribution in [0.4, 0.5) is 22.0 Å². The van der Waals surface area contributed by atoms with Crippen molar-refractivity contribution in [2.24, 2.45) is 0 Å². The van der Waals surface area contributed by atoms with Crippen molar-refractivity contribution in [3.8, 4) is 0 Å².